The number of ether oxygens (including phenoxy) is 1. The van der Waals surface area contributed by atoms with Gasteiger partial charge in [-0.25, -0.2) is 0 Å². The number of piperazine rings is 1. The molecule has 9 nitrogen and oxygen atoms in total. The van der Waals surface area contributed by atoms with Crippen LogP contribution >= 0.6 is 0 Å². The van der Waals surface area contributed by atoms with Crippen LogP contribution in [-0.2, 0) is 19.1 Å². The van der Waals surface area contributed by atoms with Gasteiger partial charge in [0.2, 0.25) is 5.91 Å². The third-order valence-electron chi connectivity index (χ3n) is 4.07. The third-order valence-corrected chi connectivity index (χ3v) is 4.07. The van der Waals surface area contributed by atoms with E-state index < -0.39 is 35.6 Å². The molecule has 150 valence electrons. The lowest BCUT2D eigenvalue weighted by Gasteiger charge is -2.36. The van der Waals surface area contributed by atoms with Crippen LogP contribution in [0.2, 0.25) is 0 Å². The Bertz CT molecular complexity index is 495. The molecule has 0 spiro atoms. The maximum Gasteiger partial charge on any atom is 0.323 e. The van der Waals surface area contributed by atoms with E-state index in [1.54, 1.807) is 20.8 Å². The smallest absolute Gasteiger partial charge is 0.323 e. The van der Waals surface area contributed by atoms with Gasteiger partial charge in [-0.05, 0) is 40.2 Å². The lowest BCUT2D eigenvalue weighted by Crippen LogP contribution is -2.55. The maximum atomic E-state index is 12.6. The summed E-state index contributed by atoms with van der Waals surface area (Å²) in [5.41, 5.74) is 4.67. The minimum Gasteiger partial charge on any atom is -0.481 e. The van der Waals surface area contributed by atoms with Crippen molar-refractivity contribution < 1.29 is 29.3 Å². The molecule has 0 bridgehead atoms. The first-order valence-electron chi connectivity index (χ1n) is 8.90. The van der Waals surface area contributed by atoms with Crippen LogP contribution in [-0.4, -0.2) is 82.4 Å². The number of rotatable bonds is 8. The number of hydrogen-bond donors (Lipinski definition) is 3. The molecule has 0 aromatic heterocycles. The minimum atomic E-state index is -1.62. The molecule has 0 aromatic carbocycles. The standard InChI is InChI=1S/C17H31N3O6/c1-17(2,3)26-16(25)13(14(18)23)15(24)20-10-8-19(9-11-20)7-5-4-6-12(21)22/h13-14,23H,4-11,18H2,1-3H3,(H,21,22). The van der Waals surface area contributed by atoms with Gasteiger partial charge in [-0.2, -0.15) is 0 Å². The lowest BCUT2D eigenvalue weighted by molar-refractivity contribution is -0.170. The molecule has 1 aliphatic rings. The van der Waals surface area contributed by atoms with Crippen molar-refractivity contribution in [2.75, 3.05) is 32.7 Å². The Balaban J connectivity index is 2.51. The Morgan fingerprint density at radius 2 is 1.69 bits per heavy atom. The summed E-state index contributed by atoms with van der Waals surface area (Å²) < 4.78 is 5.19. The Morgan fingerprint density at radius 3 is 2.15 bits per heavy atom. The van der Waals surface area contributed by atoms with Crippen LogP contribution in [0.4, 0.5) is 0 Å². The van der Waals surface area contributed by atoms with E-state index >= 15 is 0 Å². The van der Waals surface area contributed by atoms with Gasteiger partial charge in [-0.3, -0.25) is 19.3 Å². The number of carboxylic acid groups (broad SMARTS) is 1. The summed E-state index contributed by atoms with van der Waals surface area (Å²) in [6.45, 7) is 7.90. The van der Waals surface area contributed by atoms with Gasteiger partial charge in [0, 0.05) is 32.6 Å². The van der Waals surface area contributed by atoms with Crippen molar-refractivity contribution in [3.05, 3.63) is 0 Å². The maximum absolute atomic E-state index is 12.6. The first-order valence-corrected chi connectivity index (χ1v) is 8.90. The molecular formula is C17H31N3O6. The lowest BCUT2D eigenvalue weighted by atomic mass is 10.0. The summed E-state index contributed by atoms with van der Waals surface area (Å²) in [4.78, 5) is 39.0. The molecule has 1 fully saturated rings. The number of carboxylic acids is 1. The van der Waals surface area contributed by atoms with Gasteiger partial charge in [0.25, 0.3) is 0 Å². The number of carbonyl (C=O) groups excluding carboxylic acids is 2. The molecular weight excluding hydrogens is 342 g/mol. The fourth-order valence-corrected chi connectivity index (χ4v) is 2.75. The first-order chi connectivity index (χ1) is 12.0. The summed E-state index contributed by atoms with van der Waals surface area (Å²) in [5, 5.41) is 18.3. The monoisotopic (exact) mass is 373 g/mol. The summed E-state index contributed by atoms with van der Waals surface area (Å²) in [6, 6.07) is 0. The Labute approximate surface area is 154 Å². The molecule has 2 atom stereocenters. The van der Waals surface area contributed by atoms with Crippen LogP contribution in [0.15, 0.2) is 0 Å². The zero-order valence-electron chi connectivity index (χ0n) is 15.8. The molecule has 9 heteroatoms. The van der Waals surface area contributed by atoms with Crippen molar-refractivity contribution >= 4 is 17.8 Å². The predicted octanol–water partition coefficient (Wildman–Crippen LogP) is -0.379. The van der Waals surface area contributed by atoms with Crippen molar-refractivity contribution in [1.82, 2.24) is 9.80 Å². The fraction of sp³-hybridized carbons (Fsp3) is 0.824. The zero-order chi connectivity index (χ0) is 19.9. The highest BCUT2D eigenvalue weighted by atomic mass is 16.6. The molecule has 0 aliphatic carbocycles. The summed E-state index contributed by atoms with van der Waals surface area (Å²) >= 11 is 0. The van der Waals surface area contributed by atoms with Gasteiger partial charge in [0.1, 0.15) is 11.8 Å². The van der Waals surface area contributed by atoms with Crippen molar-refractivity contribution in [2.24, 2.45) is 11.7 Å². The van der Waals surface area contributed by atoms with Gasteiger partial charge in [-0.15, -0.1) is 0 Å². The van der Waals surface area contributed by atoms with Crippen molar-refractivity contribution in [3.8, 4) is 0 Å². The number of unbranched alkanes of at least 4 members (excludes halogenated alkanes) is 1. The van der Waals surface area contributed by atoms with E-state index in [9.17, 15) is 19.5 Å². The number of aliphatic hydroxyl groups is 1. The molecule has 0 radical (unpaired) electrons. The number of nitrogens with two attached hydrogens (primary N) is 1. The topological polar surface area (TPSA) is 133 Å². The number of hydrogen-bond acceptors (Lipinski definition) is 7. The molecule has 0 aromatic rings. The zero-order valence-corrected chi connectivity index (χ0v) is 15.8. The van der Waals surface area contributed by atoms with E-state index in [-0.39, 0.29) is 6.42 Å². The second-order valence-electron chi connectivity index (χ2n) is 7.52. The highest BCUT2D eigenvalue weighted by Crippen LogP contribution is 2.16. The Morgan fingerprint density at radius 1 is 1.12 bits per heavy atom. The number of aliphatic hydroxyl groups excluding tert-OH is 1. The number of esters is 1. The number of nitrogens with zero attached hydrogens (tertiary/aromatic N) is 2. The Kier molecular flexibility index (Phi) is 8.45. The second-order valence-corrected chi connectivity index (χ2v) is 7.52. The highest BCUT2D eigenvalue weighted by molar-refractivity contribution is 5.98. The predicted molar refractivity (Wildman–Crippen MR) is 94.0 cm³/mol. The number of carbonyl (C=O) groups is 3. The first kappa shape index (κ1) is 22.3. The molecule has 1 aliphatic heterocycles. The van der Waals surface area contributed by atoms with Gasteiger partial charge < -0.3 is 25.6 Å². The van der Waals surface area contributed by atoms with E-state index in [1.807, 2.05) is 0 Å². The molecule has 1 saturated heterocycles. The molecule has 2 unspecified atom stereocenters. The number of amides is 1. The summed E-state index contributed by atoms with van der Waals surface area (Å²) in [5.74, 6) is -3.58. The van der Waals surface area contributed by atoms with E-state index in [1.165, 1.54) is 4.90 Å². The van der Waals surface area contributed by atoms with Crippen LogP contribution in [0.25, 0.3) is 0 Å². The molecule has 0 saturated carbocycles. The van der Waals surface area contributed by atoms with E-state index in [0.717, 1.165) is 13.0 Å². The fourth-order valence-electron chi connectivity index (χ4n) is 2.75. The molecule has 26 heavy (non-hydrogen) atoms. The largest absolute Gasteiger partial charge is 0.481 e. The molecule has 4 N–H and O–H groups in total. The minimum absolute atomic E-state index is 0.157. The van der Waals surface area contributed by atoms with E-state index in [0.29, 0.717) is 32.6 Å². The van der Waals surface area contributed by atoms with Crippen LogP contribution < -0.4 is 5.73 Å². The van der Waals surface area contributed by atoms with Crippen molar-refractivity contribution in [1.29, 1.82) is 0 Å². The van der Waals surface area contributed by atoms with Gasteiger partial charge in [0.05, 0.1) is 0 Å². The van der Waals surface area contributed by atoms with Crippen molar-refractivity contribution in [3.63, 3.8) is 0 Å². The van der Waals surface area contributed by atoms with Crippen LogP contribution in [0, 0.1) is 5.92 Å². The SMILES string of the molecule is CC(C)(C)OC(=O)C(C(=O)N1CCN(CCCCC(=O)O)CC1)C(N)O. The normalized spacial score (nSPS) is 18.3. The van der Waals surface area contributed by atoms with Gasteiger partial charge in [0.15, 0.2) is 5.92 Å². The number of aliphatic carboxylic acids is 1. The Hall–Kier alpha value is -1.71. The average molecular weight is 373 g/mol. The third kappa shape index (κ3) is 7.67. The van der Waals surface area contributed by atoms with Crippen LogP contribution in [0.1, 0.15) is 40.0 Å². The highest BCUT2D eigenvalue weighted by Gasteiger charge is 2.39. The van der Waals surface area contributed by atoms with Gasteiger partial charge >= 0.3 is 11.9 Å². The molecule has 1 amide bonds. The summed E-state index contributed by atoms with van der Waals surface area (Å²) in [7, 11) is 0. The van der Waals surface area contributed by atoms with Gasteiger partial charge in [-0.1, -0.05) is 0 Å². The van der Waals surface area contributed by atoms with Crippen LogP contribution in [0.3, 0.4) is 0 Å². The van der Waals surface area contributed by atoms with E-state index in [4.69, 9.17) is 15.6 Å². The second kappa shape index (κ2) is 9.84. The summed E-state index contributed by atoms with van der Waals surface area (Å²) in [6.07, 6.45) is -0.0623. The average Bonchev–Trinajstić information content (AvgIpc) is 2.49. The van der Waals surface area contributed by atoms with Crippen molar-refractivity contribution in [2.45, 2.75) is 51.9 Å². The van der Waals surface area contributed by atoms with Crippen LogP contribution in [0.5, 0.6) is 0 Å². The quantitative estimate of drug-likeness (QED) is 0.227. The van der Waals surface area contributed by atoms with E-state index in [2.05, 4.69) is 4.90 Å². The molecule has 1 heterocycles. The molecule has 1 rings (SSSR count).